The highest BCUT2D eigenvalue weighted by atomic mass is 32.1. The number of nitrogens with zero attached hydrogens (tertiary/aromatic N) is 2. The maximum Gasteiger partial charge on any atom is 0.124 e. The molecule has 12 rings (SSSR count). The minimum atomic E-state index is 0.985. The number of fused-ring (bicyclic) bond motifs is 9. The Morgan fingerprint density at radius 1 is 0.345 bits per heavy atom. The summed E-state index contributed by atoms with van der Waals surface area (Å²) in [6, 6.07) is 70.3. The summed E-state index contributed by atoms with van der Waals surface area (Å²) in [6.07, 6.45) is 0. The van der Waals surface area contributed by atoms with Gasteiger partial charge in [0.15, 0.2) is 0 Å². The zero-order valence-electron chi connectivity index (χ0n) is 31.2. The Kier molecular flexibility index (Phi) is 7.62. The SMILES string of the molecule is c1ccc(-c2nc3ccc(-c4cccc(-c5nc6c(-c7cccc(-c8cccc9c8sc8ccccc89)c7)cccc6c6c5ccc5ccccc56)c4)cc3s2)cc1. The number of hydrogen-bond donors (Lipinski definition) is 0. The summed E-state index contributed by atoms with van der Waals surface area (Å²) in [7, 11) is 0. The van der Waals surface area contributed by atoms with Gasteiger partial charge in [0.1, 0.15) is 5.01 Å². The lowest BCUT2D eigenvalue weighted by molar-refractivity contribution is 1.42. The minimum Gasteiger partial charge on any atom is -0.246 e. The van der Waals surface area contributed by atoms with E-state index in [1.165, 1.54) is 57.7 Å². The third kappa shape index (κ3) is 5.37. The number of thiophene rings is 1. The van der Waals surface area contributed by atoms with E-state index in [1.807, 2.05) is 17.4 Å². The van der Waals surface area contributed by atoms with Gasteiger partial charge in [0.25, 0.3) is 0 Å². The Hall–Kier alpha value is -6.98. The highest BCUT2D eigenvalue weighted by molar-refractivity contribution is 7.26. The molecule has 270 valence electrons. The minimum absolute atomic E-state index is 0.985. The van der Waals surface area contributed by atoms with Crippen molar-refractivity contribution in [2.45, 2.75) is 0 Å². The van der Waals surface area contributed by atoms with Crippen molar-refractivity contribution < 1.29 is 0 Å². The second-order valence-electron chi connectivity index (χ2n) is 14.9. The molecule has 0 radical (unpaired) electrons. The van der Waals surface area contributed by atoms with E-state index in [1.54, 1.807) is 11.3 Å². The van der Waals surface area contributed by atoms with Crippen molar-refractivity contribution in [1.29, 1.82) is 0 Å². The van der Waals surface area contributed by atoms with Crippen molar-refractivity contribution in [1.82, 2.24) is 9.97 Å². The van der Waals surface area contributed by atoms with Gasteiger partial charge in [-0.15, -0.1) is 22.7 Å². The summed E-state index contributed by atoms with van der Waals surface area (Å²) in [5.74, 6) is 0. The van der Waals surface area contributed by atoms with Crippen molar-refractivity contribution >= 4 is 85.5 Å². The number of benzene rings is 9. The third-order valence-electron chi connectivity index (χ3n) is 11.5. The molecule has 3 aromatic heterocycles. The molecule has 0 atom stereocenters. The van der Waals surface area contributed by atoms with Crippen LogP contribution < -0.4 is 0 Å². The van der Waals surface area contributed by atoms with E-state index >= 15 is 0 Å². The molecule has 0 spiro atoms. The van der Waals surface area contributed by atoms with E-state index in [0.717, 1.165) is 60.3 Å². The smallest absolute Gasteiger partial charge is 0.124 e. The Labute approximate surface area is 343 Å². The van der Waals surface area contributed by atoms with Crippen LogP contribution >= 0.6 is 22.7 Å². The molecule has 0 saturated heterocycles. The first-order chi connectivity index (χ1) is 28.7. The average molecular weight is 773 g/mol. The van der Waals surface area contributed by atoms with Crippen LogP contribution in [0.5, 0.6) is 0 Å². The maximum atomic E-state index is 5.65. The fraction of sp³-hybridized carbons (Fsp3) is 0. The van der Waals surface area contributed by atoms with Crippen LogP contribution in [0.2, 0.25) is 0 Å². The first-order valence-electron chi connectivity index (χ1n) is 19.6. The lowest BCUT2D eigenvalue weighted by Crippen LogP contribution is -1.94. The zero-order chi connectivity index (χ0) is 38.2. The second-order valence-corrected chi connectivity index (χ2v) is 17.0. The molecule has 3 heterocycles. The van der Waals surface area contributed by atoms with Crippen LogP contribution in [0.3, 0.4) is 0 Å². The molecule has 12 aromatic rings. The van der Waals surface area contributed by atoms with Gasteiger partial charge in [0, 0.05) is 53.0 Å². The molecule has 9 aromatic carbocycles. The molecule has 2 nitrogen and oxygen atoms in total. The topological polar surface area (TPSA) is 25.8 Å². The molecule has 0 aliphatic heterocycles. The number of para-hydroxylation sites is 1. The molecule has 0 fully saturated rings. The van der Waals surface area contributed by atoms with Gasteiger partial charge in [-0.1, -0.05) is 164 Å². The molecular weight excluding hydrogens is 741 g/mol. The normalized spacial score (nSPS) is 11.8. The van der Waals surface area contributed by atoms with Crippen molar-refractivity contribution in [3.05, 3.63) is 194 Å². The van der Waals surface area contributed by atoms with Crippen LogP contribution in [0, 0.1) is 0 Å². The van der Waals surface area contributed by atoms with E-state index in [0.29, 0.717) is 0 Å². The fourth-order valence-corrected chi connectivity index (χ4v) is 11.0. The molecule has 0 unspecified atom stereocenters. The van der Waals surface area contributed by atoms with Crippen LogP contribution in [-0.4, -0.2) is 9.97 Å². The van der Waals surface area contributed by atoms with Gasteiger partial charge in [-0.25, -0.2) is 9.97 Å². The molecule has 4 heteroatoms. The molecule has 58 heavy (non-hydrogen) atoms. The van der Waals surface area contributed by atoms with Gasteiger partial charge in [-0.05, 0) is 68.9 Å². The number of thiazole rings is 1. The van der Waals surface area contributed by atoms with Crippen LogP contribution in [0.4, 0.5) is 0 Å². The summed E-state index contributed by atoms with van der Waals surface area (Å²) in [5.41, 5.74) is 12.3. The summed E-state index contributed by atoms with van der Waals surface area (Å²) in [5, 5.41) is 9.66. The van der Waals surface area contributed by atoms with Gasteiger partial charge in [-0.2, -0.15) is 0 Å². The fourth-order valence-electron chi connectivity index (χ4n) is 8.73. The van der Waals surface area contributed by atoms with Crippen molar-refractivity contribution in [3.8, 4) is 55.2 Å². The zero-order valence-corrected chi connectivity index (χ0v) is 32.8. The van der Waals surface area contributed by atoms with E-state index in [4.69, 9.17) is 9.97 Å². The number of hydrogen-bond acceptors (Lipinski definition) is 4. The van der Waals surface area contributed by atoms with Crippen LogP contribution in [0.25, 0.3) is 118 Å². The summed E-state index contributed by atoms with van der Waals surface area (Å²) < 4.78 is 3.82. The number of pyridine rings is 1. The molecule has 0 aliphatic rings. The molecular formula is C54H32N2S2. The first kappa shape index (κ1) is 33.2. The Morgan fingerprint density at radius 2 is 1.00 bits per heavy atom. The monoisotopic (exact) mass is 772 g/mol. The van der Waals surface area contributed by atoms with Crippen molar-refractivity contribution in [2.75, 3.05) is 0 Å². The van der Waals surface area contributed by atoms with Gasteiger partial charge < -0.3 is 0 Å². The van der Waals surface area contributed by atoms with E-state index in [9.17, 15) is 0 Å². The maximum absolute atomic E-state index is 5.65. The summed E-state index contributed by atoms with van der Waals surface area (Å²) in [6.45, 7) is 0. The van der Waals surface area contributed by atoms with Gasteiger partial charge in [-0.3, -0.25) is 0 Å². The molecule has 0 saturated carbocycles. The van der Waals surface area contributed by atoms with Crippen molar-refractivity contribution in [2.24, 2.45) is 0 Å². The lowest BCUT2D eigenvalue weighted by Gasteiger charge is -2.16. The summed E-state index contributed by atoms with van der Waals surface area (Å²) in [4.78, 5) is 10.6. The van der Waals surface area contributed by atoms with E-state index < -0.39 is 0 Å². The molecule has 0 bridgehead atoms. The lowest BCUT2D eigenvalue weighted by atomic mass is 9.91. The first-order valence-corrected chi connectivity index (χ1v) is 21.2. The predicted octanol–water partition coefficient (Wildman–Crippen LogP) is 15.9. The standard InChI is InChI=1S/C54H32N2S2/c1-2-13-34(14-3-1)54-55-47-29-27-36(32-49(47)58-54)35-15-8-18-39(30-35)51-46-28-26-33-12-4-5-19-40(33)50(46)45-24-10-21-41(52(45)56-51)37-16-9-17-38(31-37)42-22-11-23-44-43-20-6-7-25-48(43)57-53(42)44/h1-32H. The van der Waals surface area contributed by atoms with Gasteiger partial charge in [0.05, 0.1) is 21.4 Å². The van der Waals surface area contributed by atoms with Crippen molar-refractivity contribution in [3.63, 3.8) is 0 Å². The van der Waals surface area contributed by atoms with E-state index in [2.05, 4.69) is 188 Å². The summed E-state index contributed by atoms with van der Waals surface area (Å²) >= 11 is 3.62. The van der Waals surface area contributed by atoms with Crippen LogP contribution in [0.15, 0.2) is 194 Å². The third-order valence-corrected chi connectivity index (χ3v) is 13.8. The average Bonchev–Trinajstić information content (AvgIpc) is 3.90. The van der Waals surface area contributed by atoms with Crippen LogP contribution in [0.1, 0.15) is 0 Å². The highest BCUT2D eigenvalue weighted by Gasteiger charge is 2.18. The Morgan fingerprint density at radius 3 is 1.90 bits per heavy atom. The molecule has 0 aliphatic carbocycles. The quantitative estimate of drug-likeness (QED) is 0.163. The highest BCUT2D eigenvalue weighted by Crippen LogP contribution is 2.44. The number of aromatic nitrogens is 2. The largest absolute Gasteiger partial charge is 0.246 e. The van der Waals surface area contributed by atoms with E-state index in [-0.39, 0.29) is 0 Å². The Balaban J connectivity index is 1.04. The molecule has 0 amide bonds. The molecule has 0 N–H and O–H groups in total. The Bertz CT molecular complexity index is 3580. The van der Waals surface area contributed by atoms with Crippen LogP contribution in [-0.2, 0) is 0 Å². The second kappa shape index (κ2) is 13.3. The van der Waals surface area contributed by atoms with Gasteiger partial charge in [0.2, 0.25) is 0 Å². The predicted molar refractivity (Wildman–Crippen MR) is 250 cm³/mol. The van der Waals surface area contributed by atoms with Gasteiger partial charge >= 0.3 is 0 Å². The number of rotatable bonds is 5.